The number of methoxy groups -OCH3 is 2. The minimum Gasteiger partial charge on any atom is -0.497 e. The van der Waals surface area contributed by atoms with Gasteiger partial charge in [0.1, 0.15) is 24.4 Å². The lowest BCUT2D eigenvalue weighted by Crippen LogP contribution is -2.53. The van der Waals surface area contributed by atoms with Gasteiger partial charge in [0, 0.05) is 6.42 Å². The quantitative estimate of drug-likeness (QED) is 0.503. The van der Waals surface area contributed by atoms with E-state index in [1.54, 1.807) is 25.3 Å². The Morgan fingerprint density at radius 1 is 0.879 bits per heavy atom. The fourth-order valence-electron chi connectivity index (χ4n) is 3.25. The third kappa shape index (κ3) is 8.84. The van der Waals surface area contributed by atoms with Gasteiger partial charge in [0.25, 0.3) is 0 Å². The van der Waals surface area contributed by atoms with Crippen LogP contribution in [0.15, 0.2) is 54.6 Å². The number of rotatable bonds is 11. The van der Waals surface area contributed by atoms with Crippen LogP contribution in [0.5, 0.6) is 5.75 Å². The van der Waals surface area contributed by atoms with Gasteiger partial charge in [0.15, 0.2) is 0 Å². The van der Waals surface area contributed by atoms with Gasteiger partial charge in [-0.3, -0.25) is 4.79 Å². The molecule has 0 aliphatic rings. The third-order valence-corrected chi connectivity index (χ3v) is 4.90. The summed E-state index contributed by atoms with van der Waals surface area (Å²) in [7, 11) is 2.82. The van der Waals surface area contributed by atoms with E-state index in [1.807, 2.05) is 50.2 Å². The molecule has 0 radical (unpaired) electrons. The van der Waals surface area contributed by atoms with Gasteiger partial charge in [-0.25, -0.2) is 9.59 Å². The zero-order valence-corrected chi connectivity index (χ0v) is 19.5. The van der Waals surface area contributed by atoms with E-state index in [2.05, 4.69) is 10.6 Å². The summed E-state index contributed by atoms with van der Waals surface area (Å²) in [4.78, 5) is 37.7. The first-order valence-electron chi connectivity index (χ1n) is 10.8. The monoisotopic (exact) mass is 456 g/mol. The van der Waals surface area contributed by atoms with Crippen molar-refractivity contribution >= 4 is 18.0 Å². The van der Waals surface area contributed by atoms with Gasteiger partial charge < -0.3 is 24.8 Å². The minimum absolute atomic E-state index is 0.0866. The van der Waals surface area contributed by atoms with Crippen molar-refractivity contribution in [2.45, 2.75) is 45.4 Å². The Hall–Kier alpha value is -3.55. The molecule has 0 heterocycles. The summed E-state index contributed by atoms with van der Waals surface area (Å²) in [5.41, 5.74) is 1.63. The lowest BCUT2D eigenvalue weighted by Gasteiger charge is -2.23. The first-order valence-corrected chi connectivity index (χ1v) is 10.8. The van der Waals surface area contributed by atoms with E-state index >= 15 is 0 Å². The van der Waals surface area contributed by atoms with Gasteiger partial charge in [0.2, 0.25) is 5.91 Å². The van der Waals surface area contributed by atoms with Crippen molar-refractivity contribution < 1.29 is 28.6 Å². The highest BCUT2D eigenvalue weighted by Crippen LogP contribution is 2.15. The maximum atomic E-state index is 13.0. The third-order valence-electron chi connectivity index (χ3n) is 4.90. The molecule has 0 spiro atoms. The largest absolute Gasteiger partial charge is 0.497 e. The summed E-state index contributed by atoms with van der Waals surface area (Å²) in [5, 5.41) is 5.33. The topological polar surface area (TPSA) is 103 Å². The molecule has 0 bridgehead atoms. The van der Waals surface area contributed by atoms with Crippen LogP contribution in [-0.4, -0.2) is 44.3 Å². The number of carbonyl (C=O) groups is 3. The Morgan fingerprint density at radius 3 is 2.21 bits per heavy atom. The Morgan fingerprint density at radius 2 is 1.58 bits per heavy atom. The maximum Gasteiger partial charge on any atom is 0.408 e. The smallest absolute Gasteiger partial charge is 0.408 e. The summed E-state index contributed by atoms with van der Waals surface area (Å²) in [5.74, 6) is -0.312. The molecule has 8 nitrogen and oxygen atoms in total. The molecule has 2 atom stereocenters. The van der Waals surface area contributed by atoms with E-state index < -0.39 is 30.1 Å². The van der Waals surface area contributed by atoms with Crippen molar-refractivity contribution in [3.05, 3.63) is 65.7 Å². The van der Waals surface area contributed by atoms with Gasteiger partial charge in [-0.15, -0.1) is 0 Å². The van der Waals surface area contributed by atoms with Crippen molar-refractivity contribution in [2.75, 3.05) is 14.2 Å². The van der Waals surface area contributed by atoms with Crippen LogP contribution in [0.4, 0.5) is 4.79 Å². The molecule has 2 N–H and O–H groups in total. The van der Waals surface area contributed by atoms with Crippen LogP contribution in [0, 0.1) is 5.92 Å². The summed E-state index contributed by atoms with van der Waals surface area (Å²) in [6, 6.07) is 14.7. The summed E-state index contributed by atoms with van der Waals surface area (Å²) < 4.78 is 15.3. The number of hydrogen-bond acceptors (Lipinski definition) is 6. The highest BCUT2D eigenvalue weighted by Gasteiger charge is 2.28. The first-order chi connectivity index (χ1) is 15.8. The van der Waals surface area contributed by atoms with Crippen LogP contribution in [0.25, 0.3) is 0 Å². The minimum atomic E-state index is -0.925. The van der Waals surface area contributed by atoms with Gasteiger partial charge in [-0.1, -0.05) is 56.3 Å². The van der Waals surface area contributed by atoms with E-state index in [-0.39, 0.29) is 18.9 Å². The molecule has 33 heavy (non-hydrogen) atoms. The van der Waals surface area contributed by atoms with Gasteiger partial charge in [0.05, 0.1) is 14.2 Å². The zero-order valence-electron chi connectivity index (χ0n) is 19.5. The molecule has 2 aromatic rings. The number of nitrogens with one attached hydrogen (secondary N) is 2. The molecule has 2 rings (SSSR count). The molecule has 178 valence electrons. The Balaban J connectivity index is 2.05. The molecule has 0 saturated carbocycles. The van der Waals surface area contributed by atoms with Gasteiger partial charge in [-0.05, 0) is 35.6 Å². The van der Waals surface area contributed by atoms with Gasteiger partial charge >= 0.3 is 12.1 Å². The molecule has 0 aromatic heterocycles. The Bertz CT molecular complexity index is 916. The van der Waals surface area contributed by atoms with Crippen LogP contribution in [-0.2, 0) is 32.1 Å². The summed E-state index contributed by atoms with van der Waals surface area (Å²) in [6.07, 6.45) is -0.121. The Labute approximate surface area is 194 Å². The van der Waals surface area contributed by atoms with Crippen molar-refractivity contribution in [3.63, 3.8) is 0 Å². The molecule has 0 fully saturated rings. The second kappa shape index (κ2) is 13.1. The van der Waals surface area contributed by atoms with Crippen molar-refractivity contribution in [3.8, 4) is 5.75 Å². The van der Waals surface area contributed by atoms with Crippen LogP contribution >= 0.6 is 0 Å². The van der Waals surface area contributed by atoms with E-state index in [1.165, 1.54) is 7.11 Å². The van der Waals surface area contributed by atoms with Crippen molar-refractivity contribution in [1.82, 2.24) is 10.6 Å². The average molecular weight is 457 g/mol. The normalized spacial score (nSPS) is 12.4. The predicted molar refractivity (Wildman–Crippen MR) is 124 cm³/mol. The van der Waals surface area contributed by atoms with E-state index in [4.69, 9.17) is 14.2 Å². The number of alkyl carbamates (subject to hydrolysis) is 1. The number of amides is 2. The van der Waals surface area contributed by atoms with E-state index in [9.17, 15) is 14.4 Å². The Kier molecular flexibility index (Phi) is 10.2. The second-order valence-corrected chi connectivity index (χ2v) is 8.03. The molecular formula is C25H32N2O6. The fraction of sp³-hybridized carbons (Fsp3) is 0.400. The van der Waals surface area contributed by atoms with Crippen molar-refractivity contribution in [2.24, 2.45) is 5.92 Å². The standard InChI is InChI=1S/C25H32N2O6/c1-17(2)13-21(27-25(30)33-16-18-9-6-5-7-10-18)23(28)26-22(24(29)32-4)15-19-11-8-12-20(14-19)31-3/h5-12,14,17,21-22H,13,15-16H2,1-4H3,(H,26,28)(H,27,30)/t21-,22-/m0/s1. The van der Waals surface area contributed by atoms with E-state index in [0.717, 1.165) is 11.1 Å². The van der Waals surface area contributed by atoms with Crippen LogP contribution < -0.4 is 15.4 Å². The number of hydrogen-bond donors (Lipinski definition) is 2. The van der Waals surface area contributed by atoms with Crippen molar-refractivity contribution in [1.29, 1.82) is 0 Å². The lowest BCUT2D eigenvalue weighted by molar-refractivity contribution is -0.145. The highest BCUT2D eigenvalue weighted by molar-refractivity contribution is 5.89. The van der Waals surface area contributed by atoms with Crippen LogP contribution in [0.3, 0.4) is 0 Å². The number of ether oxygens (including phenoxy) is 3. The zero-order chi connectivity index (χ0) is 24.2. The van der Waals surface area contributed by atoms with Crippen LogP contribution in [0.1, 0.15) is 31.4 Å². The molecule has 8 heteroatoms. The molecule has 2 aromatic carbocycles. The first kappa shape index (κ1) is 25.7. The maximum absolute atomic E-state index is 13.0. The number of esters is 1. The molecule has 0 aliphatic carbocycles. The number of carbonyl (C=O) groups excluding carboxylic acids is 3. The highest BCUT2D eigenvalue weighted by atomic mass is 16.5. The fourth-order valence-corrected chi connectivity index (χ4v) is 3.25. The van der Waals surface area contributed by atoms with Crippen LogP contribution in [0.2, 0.25) is 0 Å². The summed E-state index contributed by atoms with van der Waals surface area (Å²) >= 11 is 0. The molecule has 0 saturated heterocycles. The molecular weight excluding hydrogens is 424 g/mol. The molecule has 0 aliphatic heterocycles. The average Bonchev–Trinajstić information content (AvgIpc) is 2.81. The number of benzene rings is 2. The SMILES string of the molecule is COC(=O)[C@H](Cc1cccc(OC)c1)NC(=O)[C@H](CC(C)C)NC(=O)OCc1ccccc1. The van der Waals surface area contributed by atoms with Gasteiger partial charge in [-0.2, -0.15) is 0 Å². The summed E-state index contributed by atoms with van der Waals surface area (Å²) in [6.45, 7) is 3.96. The lowest BCUT2D eigenvalue weighted by atomic mass is 10.0. The second-order valence-electron chi connectivity index (χ2n) is 8.03. The van der Waals surface area contributed by atoms with E-state index in [0.29, 0.717) is 12.2 Å². The predicted octanol–water partition coefficient (Wildman–Crippen LogP) is 3.24. The molecule has 0 unspecified atom stereocenters. The molecule has 2 amide bonds.